The van der Waals surface area contributed by atoms with E-state index >= 15 is 0 Å². The fraction of sp³-hybridized carbons (Fsp3) is 0.714. The zero-order chi connectivity index (χ0) is 13.7. The molecule has 1 heterocycles. The minimum atomic E-state index is 0.322. The van der Waals surface area contributed by atoms with E-state index in [0.29, 0.717) is 12.0 Å². The Hall–Kier alpha value is -1.52. The maximum atomic E-state index is 5.74. The van der Waals surface area contributed by atoms with Gasteiger partial charge < -0.3 is 16.4 Å². The minimum Gasteiger partial charge on any atom is -0.370 e. The standard InChI is InChI=1S/C14H25N5/c1-3-10-5-7-11(8-6-10)17-13-9-12(16-4-2)18-14(15)19-13/h9-11H,3-8H2,1-2H3,(H4,15,16,17,18,19). The molecule has 2 rings (SSSR count). The smallest absolute Gasteiger partial charge is 0.223 e. The second-order valence-corrected chi connectivity index (χ2v) is 5.30. The molecule has 1 aromatic rings. The molecule has 19 heavy (non-hydrogen) atoms. The predicted molar refractivity (Wildman–Crippen MR) is 80.3 cm³/mol. The Labute approximate surface area is 115 Å². The van der Waals surface area contributed by atoms with Gasteiger partial charge in [-0.3, -0.25) is 0 Å². The quantitative estimate of drug-likeness (QED) is 0.761. The number of rotatable bonds is 5. The van der Waals surface area contributed by atoms with Gasteiger partial charge in [0.15, 0.2) is 0 Å². The third-order valence-corrected chi connectivity index (χ3v) is 3.88. The third kappa shape index (κ3) is 3.98. The van der Waals surface area contributed by atoms with Gasteiger partial charge in [-0.15, -0.1) is 0 Å². The van der Waals surface area contributed by atoms with E-state index < -0.39 is 0 Å². The molecule has 1 aromatic heterocycles. The highest BCUT2D eigenvalue weighted by molar-refractivity contribution is 5.51. The predicted octanol–water partition coefficient (Wildman–Crippen LogP) is 2.87. The summed E-state index contributed by atoms with van der Waals surface area (Å²) >= 11 is 0. The Morgan fingerprint density at radius 3 is 2.47 bits per heavy atom. The van der Waals surface area contributed by atoms with Gasteiger partial charge in [-0.05, 0) is 38.5 Å². The van der Waals surface area contributed by atoms with Crippen LogP contribution in [0.1, 0.15) is 46.0 Å². The largest absolute Gasteiger partial charge is 0.370 e. The van der Waals surface area contributed by atoms with E-state index in [1.807, 2.05) is 13.0 Å². The van der Waals surface area contributed by atoms with Gasteiger partial charge in [0.1, 0.15) is 11.6 Å². The molecule has 1 aliphatic rings. The minimum absolute atomic E-state index is 0.322. The fourth-order valence-electron chi connectivity index (χ4n) is 2.74. The van der Waals surface area contributed by atoms with Gasteiger partial charge in [0.25, 0.3) is 0 Å². The lowest BCUT2D eigenvalue weighted by Gasteiger charge is -2.28. The number of nitrogens with two attached hydrogens (primary N) is 1. The Bertz CT molecular complexity index is 399. The summed E-state index contributed by atoms with van der Waals surface area (Å²) in [7, 11) is 0. The average molecular weight is 263 g/mol. The van der Waals surface area contributed by atoms with Gasteiger partial charge in [-0.25, -0.2) is 0 Å². The van der Waals surface area contributed by atoms with Crippen molar-refractivity contribution in [3.63, 3.8) is 0 Å². The topological polar surface area (TPSA) is 75.9 Å². The van der Waals surface area contributed by atoms with E-state index in [1.54, 1.807) is 0 Å². The third-order valence-electron chi connectivity index (χ3n) is 3.88. The first kappa shape index (κ1) is 13.9. The van der Waals surface area contributed by atoms with Crippen LogP contribution in [0.4, 0.5) is 17.6 Å². The summed E-state index contributed by atoms with van der Waals surface area (Å²) in [6.07, 6.45) is 6.37. The normalized spacial score (nSPS) is 23.1. The van der Waals surface area contributed by atoms with E-state index in [2.05, 4.69) is 27.5 Å². The Morgan fingerprint density at radius 1 is 1.16 bits per heavy atom. The molecular weight excluding hydrogens is 238 g/mol. The van der Waals surface area contributed by atoms with Crippen molar-refractivity contribution in [1.82, 2.24) is 9.97 Å². The molecular formula is C14H25N5. The first-order chi connectivity index (χ1) is 9.21. The molecule has 0 radical (unpaired) electrons. The van der Waals surface area contributed by atoms with Gasteiger partial charge in [-0.1, -0.05) is 13.3 Å². The van der Waals surface area contributed by atoms with Crippen molar-refractivity contribution in [2.24, 2.45) is 5.92 Å². The SMILES string of the molecule is CCNc1cc(NC2CCC(CC)CC2)nc(N)n1. The summed E-state index contributed by atoms with van der Waals surface area (Å²) in [6.45, 7) is 5.15. The fourth-order valence-corrected chi connectivity index (χ4v) is 2.74. The van der Waals surface area contributed by atoms with Gasteiger partial charge in [-0.2, -0.15) is 9.97 Å². The van der Waals surface area contributed by atoms with E-state index in [1.165, 1.54) is 32.1 Å². The van der Waals surface area contributed by atoms with Crippen molar-refractivity contribution < 1.29 is 0 Å². The Kier molecular flexibility index (Phi) is 4.82. The highest BCUT2D eigenvalue weighted by Gasteiger charge is 2.20. The van der Waals surface area contributed by atoms with Crippen LogP contribution in [0.5, 0.6) is 0 Å². The summed E-state index contributed by atoms with van der Waals surface area (Å²) in [5.74, 6) is 2.86. The zero-order valence-corrected chi connectivity index (χ0v) is 11.9. The molecule has 1 aliphatic carbocycles. The van der Waals surface area contributed by atoms with Gasteiger partial charge in [0.05, 0.1) is 0 Å². The molecule has 0 aliphatic heterocycles. The number of nitrogens with one attached hydrogen (secondary N) is 2. The van der Waals surface area contributed by atoms with Crippen LogP contribution in [0.15, 0.2) is 6.07 Å². The van der Waals surface area contributed by atoms with E-state index in [9.17, 15) is 0 Å². The molecule has 1 fully saturated rings. The lowest BCUT2D eigenvalue weighted by Crippen LogP contribution is -2.26. The van der Waals surface area contributed by atoms with E-state index in [4.69, 9.17) is 5.73 Å². The number of nitrogens with zero attached hydrogens (tertiary/aromatic N) is 2. The van der Waals surface area contributed by atoms with Crippen molar-refractivity contribution in [2.45, 2.75) is 52.0 Å². The van der Waals surface area contributed by atoms with Crippen LogP contribution in [0.25, 0.3) is 0 Å². The molecule has 106 valence electrons. The van der Waals surface area contributed by atoms with Crippen LogP contribution in [0.3, 0.4) is 0 Å². The highest BCUT2D eigenvalue weighted by atomic mass is 15.1. The maximum absolute atomic E-state index is 5.74. The molecule has 5 heteroatoms. The molecule has 0 unspecified atom stereocenters. The van der Waals surface area contributed by atoms with E-state index in [0.717, 1.165) is 24.1 Å². The molecule has 0 amide bonds. The molecule has 0 aromatic carbocycles. The van der Waals surface area contributed by atoms with Crippen molar-refractivity contribution in [1.29, 1.82) is 0 Å². The maximum Gasteiger partial charge on any atom is 0.223 e. The lowest BCUT2D eigenvalue weighted by molar-refractivity contribution is 0.330. The van der Waals surface area contributed by atoms with Crippen LogP contribution in [0, 0.1) is 5.92 Å². The van der Waals surface area contributed by atoms with Crippen molar-refractivity contribution in [3.8, 4) is 0 Å². The zero-order valence-electron chi connectivity index (χ0n) is 11.9. The summed E-state index contributed by atoms with van der Waals surface area (Å²) in [4.78, 5) is 8.42. The Balaban J connectivity index is 1.95. The second-order valence-electron chi connectivity index (χ2n) is 5.30. The lowest BCUT2D eigenvalue weighted by atomic mass is 9.84. The number of aromatic nitrogens is 2. The summed E-state index contributed by atoms with van der Waals surface area (Å²) in [5, 5.41) is 6.67. The van der Waals surface area contributed by atoms with Gasteiger partial charge in [0, 0.05) is 18.7 Å². The Morgan fingerprint density at radius 2 is 1.84 bits per heavy atom. The number of hydrogen-bond donors (Lipinski definition) is 3. The van der Waals surface area contributed by atoms with Crippen LogP contribution in [-0.4, -0.2) is 22.6 Å². The van der Waals surface area contributed by atoms with Crippen molar-refractivity contribution >= 4 is 17.6 Å². The average Bonchev–Trinajstić information content (AvgIpc) is 2.39. The van der Waals surface area contributed by atoms with Gasteiger partial charge >= 0.3 is 0 Å². The molecule has 4 N–H and O–H groups in total. The van der Waals surface area contributed by atoms with Crippen LogP contribution < -0.4 is 16.4 Å². The van der Waals surface area contributed by atoms with Crippen molar-refractivity contribution in [3.05, 3.63) is 6.07 Å². The van der Waals surface area contributed by atoms with Crippen LogP contribution >= 0.6 is 0 Å². The molecule has 0 saturated heterocycles. The summed E-state index contributed by atoms with van der Waals surface area (Å²) < 4.78 is 0. The number of nitrogen functional groups attached to an aromatic ring is 1. The first-order valence-corrected chi connectivity index (χ1v) is 7.36. The summed E-state index contributed by atoms with van der Waals surface area (Å²) in [5.41, 5.74) is 5.74. The number of hydrogen-bond acceptors (Lipinski definition) is 5. The van der Waals surface area contributed by atoms with E-state index in [-0.39, 0.29) is 0 Å². The molecule has 0 bridgehead atoms. The number of anilines is 3. The molecule has 1 saturated carbocycles. The van der Waals surface area contributed by atoms with Gasteiger partial charge in [0.2, 0.25) is 5.95 Å². The summed E-state index contributed by atoms with van der Waals surface area (Å²) in [6, 6.07) is 2.46. The van der Waals surface area contributed by atoms with Crippen LogP contribution in [-0.2, 0) is 0 Å². The van der Waals surface area contributed by atoms with Crippen LogP contribution in [0.2, 0.25) is 0 Å². The first-order valence-electron chi connectivity index (χ1n) is 7.36. The second kappa shape index (κ2) is 6.59. The highest BCUT2D eigenvalue weighted by Crippen LogP contribution is 2.28. The monoisotopic (exact) mass is 263 g/mol. The van der Waals surface area contributed by atoms with Crippen molar-refractivity contribution in [2.75, 3.05) is 22.9 Å². The molecule has 0 atom stereocenters. The molecule has 5 nitrogen and oxygen atoms in total. The molecule has 0 spiro atoms.